The molecule has 32 heavy (non-hydrogen) atoms. The molecule has 9 heteroatoms. The molecule has 1 aliphatic heterocycles. The minimum absolute atomic E-state index is 0.0506. The fourth-order valence-electron chi connectivity index (χ4n) is 3.09. The van der Waals surface area contributed by atoms with Gasteiger partial charge in [-0.25, -0.2) is 0 Å². The molecule has 0 atom stereocenters. The molecule has 1 aliphatic rings. The Morgan fingerprint density at radius 2 is 1.84 bits per heavy atom. The number of allylic oxidation sites excluding steroid dienone is 1. The summed E-state index contributed by atoms with van der Waals surface area (Å²) in [4.78, 5) is 32.6. The highest BCUT2D eigenvalue weighted by Crippen LogP contribution is 2.26. The van der Waals surface area contributed by atoms with E-state index in [0.717, 1.165) is 17.0 Å². The number of nitrogens with zero attached hydrogens (tertiary/aromatic N) is 4. The number of nitrogens with one attached hydrogen (secondary N) is 1. The number of carbonyl (C=O) groups excluding carboxylic acids is 1. The molecule has 0 saturated carbocycles. The molecule has 0 spiro atoms. The number of aliphatic imine (C=N–C) groups is 1. The number of anilines is 1. The van der Waals surface area contributed by atoms with Crippen LogP contribution in [0.4, 0.5) is 11.4 Å². The topological polar surface area (TPSA) is 110 Å². The Morgan fingerprint density at radius 3 is 2.47 bits per heavy atom. The van der Waals surface area contributed by atoms with E-state index in [1.807, 2.05) is 41.4 Å². The molecular formula is C23H19N5O4. The van der Waals surface area contributed by atoms with Crippen LogP contribution in [0.15, 0.2) is 84.1 Å². The third-order valence-electron chi connectivity index (χ3n) is 4.77. The molecule has 0 fully saturated rings. The number of nitro benzene ring substituents is 1. The highest BCUT2D eigenvalue weighted by molar-refractivity contribution is 6.09. The van der Waals surface area contributed by atoms with Gasteiger partial charge >= 0.3 is 0 Å². The number of benzene rings is 2. The van der Waals surface area contributed by atoms with Crippen molar-refractivity contribution in [2.75, 3.05) is 18.6 Å². The summed E-state index contributed by atoms with van der Waals surface area (Å²) in [6.45, 7) is 0.420. The number of pyridine rings is 1. The average Bonchev–Trinajstić information content (AvgIpc) is 2.84. The number of rotatable bonds is 6. The Morgan fingerprint density at radius 1 is 1.09 bits per heavy atom. The van der Waals surface area contributed by atoms with Gasteiger partial charge in [0, 0.05) is 48.9 Å². The molecule has 0 aliphatic carbocycles. The molecule has 1 aromatic heterocycles. The van der Waals surface area contributed by atoms with Gasteiger partial charge in [0.05, 0.1) is 10.6 Å². The van der Waals surface area contributed by atoms with Crippen molar-refractivity contribution < 1.29 is 14.5 Å². The van der Waals surface area contributed by atoms with Crippen molar-refractivity contribution in [1.82, 2.24) is 10.3 Å². The molecule has 1 N–H and O–H groups in total. The van der Waals surface area contributed by atoms with Gasteiger partial charge in [0.2, 0.25) is 0 Å². The van der Waals surface area contributed by atoms with E-state index in [1.54, 1.807) is 31.3 Å². The molecule has 0 saturated heterocycles. The number of non-ortho nitro benzene ring substituents is 1. The van der Waals surface area contributed by atoms with Crippen LogP contribution in [0.3, 0.4) is 0 Å². The fraction of sp³-hybridized carbons (Fsp3) is 0.0870. The Hall–Kier alpha value is -4.53. The summed E-state index contributed by atoms with van der Waals surface area (Å²) in [7, 11) is 1.55. The number of carbonyl (C=O) groups is 1. The normalized spacial score (nSPS) is 12.8. The average molecular weight is 429 g/mol. The lowest BCUT2D eigenvalue weighted by Crippen LogP contribution is -2.21. The van der Waals surface area contributed by atoms with Crippen molar-refractivity contribution in [3.05, 3.63) is 101 Å². The zero-order chi connectivity index (χ0) is 22.5. The van der Waals surface area contributed by atoms with Crippen LogP contribution in [0.25, 0.3) is 0 Å². The second kappa shape index (κ2) is 9.09. The van der Waals surface area contributed by atoms with Gasteiger partial charge in [-0.05, 0) is 48.5 Å². The third-order valence-corrected chi connectivity index (χ3v) is 4.77. The first kappa shape index (κ1) is 20.7. The molecule has 2 heterocycles. The van der Waals surface area contributed by atoms with Crippen LogP contribution in [0, 0.1) is 10.1 Å². The van der Waals surface area contributed by atoms with Crippen molar-refractivity contribution in [1.29, 1.82) is 0 Å². The lowest BCUT2D eigenvalue weighted by Gasteiger charge is -2.22. The van der Waals surface area contributed by atoms with Crippen molar-refractivity contribution in [3.63, 3.8) is 0 Å². The van der Waals surface area contributed by atoms with Crippen molar-refractivity contribution in [2.24, 2.45) is 4.99 Å². The zero-order valence-corrected chi connectivity index (χ0v) is 17.1. The summed E-state index contributed by atoms with van der Waals surface area (Å²) in [5.41, 5.74) is 2.85. The van der Waals surface area contributed by atoms with Crippen LogP contribution in [-0.2, 0) is 0 Å². The summed E-state index contributed by atoms with van der Waals surface area (Å²) in [6, 6.07) is 17.1. The van der Waals surface area contributed by atoms with Crippen molar-refractivity contribution in [2.45, 2.75) is 0 Å². The lowest BCUT2D eigenvalue weighted by atomic mass is 10.1. The molecule has 9 nitrogen and oxygen atoms in total. The zero-order valence-electron chi connectivity index (χ0n) is 17.1. The van der Waals surface area contributed by atoms with Crippen LogP contribution in [0.5, 0.6) is 11.5 Å². The Balaban J connectivity index is 1.40. The molecule has 3 aromatic rings. The first-order chi connectivity index (χ1) is 15.5. The monoisotopic (exact) mass is 429 g/mol. The molecular weight excluding hydrogens is 410 g/mol. The molecule has 0 radical (unpaired) electrons. The first-order valence-corrected chi connectivity index (χ1v) is 9.73. The van der Waals surface area contributed by atoms with E-state index in [0.29, 0.717) is 18.2 Å². The molecule has 2 aromatic carbocycles. The lowest BCUT2D eigenvalue weighted by molar-refractivity contribution is -0.384. The van der Waals surface area contributed by atoms with Gasteiger partial charge in [-0.3, -0.25) is 24.9 Å². The van der Waals surface area contributed by atoms with Gasteiger partial charge < -0.3 is 15.0 Å². The third kappa shape index (κ3) is 4.62. The molecule has 4 rings (SSSR count). The molecule has 1 amide bonds. The van der Waals surface area contributed by atoms with Gasteiger partial charge in [-0.1, -0.05) is 0 Å². The molecule has 0 unspecified atom stereocenters. The Bertz CT molecular complexity index is 1200. The second-order valence-corrected chi connectivity index (χ2v) is 6.83. The maximum atomic E-state index is 11.7. The summed E-state index contributed by atoms with van der Waals surface area (Å²) in [5, 5.41) is 13.3. The Kier molecular flexibility index (Phi) is 5.89. The SMILES string of the molecule is CNC(=O)c1cc(Oc2ccc(N3C=CC(c4ccc([N+](=O)[O-])cc4)=NC3)cc2)ccn1. The Labute approximate surface area is 183 Å². The maximum Gasteiger partial charge on any atom is 0.269 e. The van der Waals surface area contributed by atoms with E-state index >= 15 is 0 Å². The number of nitro groups is 1. The van der Waals surface area contributed by atoms with Gasteiger partial charge in [0.25, 0.3) is 11.6 Å². The standard InChI is InChI=1S/C23H19N5O4/c1-24-23(29)22-14-20(10-12-25-22)32-19-8-6-17(7-9-19)27-13-11-21(26-15-27)16-2-4-18(5-3-16)28(30)31/h2-14H,15H2,1H3,(H,24,29). The van der Waals surface area contributed by atoms with E-state index in [9.17, 15) is 14.9 Å². The van der Waals surface area contributed by atoms with Gasteiger partial charge in [0.15, 0.2) is 0 Å². The van der Waals surface area contributed by atoms with E-state index < -0.39 is 4.92 Å². The van der Waals surface area contributed by atoms with Crippen LogP contribution in [-0.4, -0.2) is 35.2 Å². The van der Waals surface area contributed by atoms with E-state index in [1.165, 1.54) is 18.3 Å². The number of hydrogen-bond acceptors (Lipinski definition) is 7. The summed E-state index contributed by atoms with van der Waals surface area (Å²) < 4.78 is 5.83. The van der Waals surface area contributed by atoms with Crippen molar-refractivity contribution >= 4 is 23.0 Å². The fourth-order valence-corrected chi connectivity index (χ4v) is 3.09. The van der Waals surface area contributed by atoms with Crippen LogP contribution >= 0.6 is 0 Å². The van der Waals surface area contributed by atoms with Crippen LogP contribution < -0.4 is 15.0 Å². The van der Waals surface area contributed by atoms with Crippen LogP contribution in [0.2, 0.25) is 0 Å². The smallest absolute Gasteiger partial charge is 0.269 e. The number of ether oxygens (including phenoxy) is 1. The minimum atomic E-state index is -0.424. The molecule has 0 bridgehead atoms. The highest BCUT2D eigenvalue weighted by atomic mass is 16.6. The predicted octanol–water partition coefficient (Wildman–Crippen LogP) is 3.92. The van der Waals surface area contributed by atoms with E-state index in [4.69, 9.17) is 4.74 Å². The summed E-state index contributed by atoms with van der Waals surface area (Å²) in [5.74, 6) is 0.858. The summed E-state index contributed by atoms with van der Waals surface area (Å²) in [6.07, 6.45) is 5.30. The number of hydrogen-bond donors (Lipinski definition) is 1. The molecule has 160 valence electrons. The predicted molar refractivity (Wildman–Crippen MR) is 120 cm³/mol. The van der Waals surface area contributed by atoms with Crippen molar-refractivity contribution in [3.8, 4) is 11.5 Å². The van der Waals surface area contributed by atoms with Gasteiger partial charge in [-0.15, -0.1) is 0 Å². The number of amides is 1. The second-order valence-electron chi connectivity index (χ2n) is 6.83. The number of aromatic nitrogens is 1. The first-order valence-electron chi connectivity index (χ1n) is 9.73. The minimum Gasteiger partial charge on any atom is -0.457 e. The largest absolute Gasteiger partial charge is 0.457 e. The maximum absolute atomic E-state index is 11.7. The van der Waals surface area contributed by atoms with Crippen LogP contribution in [0.1, 0.15) is 16.1 Å². The van der Waals surface area contributed by atoms with E-state index in [-0.39, 0.29) is 17.3 Å². The summed E-state index contributed by atoms with van der Waals surface area (Å²) >= 11 is 0. The van der Waals surface area contributed by atoms with Gasteiger partial charge in [0.1, 0.15) is 23.9 Å². The highest BCUT2D eigenvalue weighted by Gasteiger charge is 2.12. The van der Waals surface area contributed by atoms with E-state index in [2.05, 4.69) is 15.3 Å². The quantitative estimate of drug-likeness (QED) is 0.470. The van der Waals surface area contributed by atoms with Gasteiger partial charge in [-0.2, -0.15) is 0 Å².